The number of alkyl carbamates (subject to hydrolysis) is 1. The summed E-state index contributed by atoms with van der Waals surface area (Å²) in [5.74, 6) is -1.16. The third-order valence-electron chi connectivity index (χ3n) is 2.32. The second-order valence-corrected chi connectivity index (χ2v) is 5.40. The zero-order valence-electron chi connectivity index (χ0n) is 11.7. The fourth-order valence-corrected chi connectivity index (χ4v) is 1.54. The lowest BCUT2D eigenvalue weighted by Crippen LogP contribution is -2.41. The van der Waals surface area contributed by atoms with Crippen LogP contribution in [0.5, 0.6) is 0 Å². The number of hydrogen-bond donors (Lipinski definition) is 2. The number of rotatable bonds is 2. The molecule has 0 bridgehead atoms. The molecule has 0 fully saturated rings. The molecule has 0 spiro atoms. The van der Waals surface area contributed by atoms with Crippen LogP contribution in [0.4, 0.5) is 28.0 Å². The van der Waals surface area contributed by atoms with Crippen molar-refractivity contribution in [2.45, 2.75) is 38.6 Å². The van der Waals surface area contributed by atoms with Crippen molar-refractivity contribution >= 4 is 11.8 Å². The number of nitrogens with two attached hydrogens (primary N) is 1. The summed E-state index contributed by atoms with van der Waals surface area (Å²) >= 11 is 0. The van der Waals surface area contributed by atoms with Crippen molar-refractivity contribution in [3.63, 3.8) is 0 Å². The normalized spacial score (nSPS) is 13.7. The van der Waals surface area contributed by atoms with Crippen LogP contribution in [0.25, 0.3) is 0 Å². The van der Waals surface area contributed by atoms with E-state index < -0.39 is 35.3 Å². The molecule has 1 aromatic rings. The molecule has 0 aliphatic heterocycles. The lowest BCUT2D eigenvalue weighted by atomic mass is 10.1. The SMILES string of the molecule is CC(C)(C)OC(=O)N[C@@H](c1ccc(N)cc1F)C(F)(F)F. The van der Waals surface area contributed by atoms with E-state index >= 15 is 0 Å². The van der Waals surface area contributed by atoms with Crippen LogP contribution < -0.4 is 11.1 Å². The number of halogens is 4. The van der Waals surface area contributed by atoms with Gasteiger partial charge in [-0.1, -0.05) is 6.07 Å². The number of carbonyl (C=O) groups excluding carboxylic acids is 1. The summed E-state index contributed by atoms with van der Waals surface area (Å²) < 4.78 is 57.4. The molecule has 0 unspecified atom stereocenters. The highest BCUT2D eigenvalue weighted by atomic mass is 19.4. The number of ether oxygens (including phenoxy) is 1. The number of nitrogen functional groups attached to an aromatic ring is 1. The fraction of sp³-hybridized carbons (Fsp3) is 0.462. The van der Waals surface area contributed by atoms with Crippen molar-refractivity contribution in [1.29, 1.82) is 0 Å². The molecule has 118 valence electrons. The van der Waals surface area contributed by atoms with Gasteiger partial charge in [-0.3, -0.25) is 0 Å². The van der Waals surface area contributed by atoms with Gasteiger partial charge in [-0.15, -0.1) is 0 Å². The van der Waals surface area contributed by atoms with E-state index in [0.717, 1.165) is 18.2 Å². The molecular formula is C13H16F4N2O2. The number of nitrogens with one attached hydrogen (secondary N) is 1. The highest BCUT2D eigenvalue weighted by Gasteiger charge is 2.44. The Hall–Kier alpha value is -1.99. The fourth-order valence-electron chi connectivity index (χ4n) is 1.54. The summed E-state index contributed by atoms with van der Waals surface area (Å²) in [5.41, 5.74) is 3.56. The van der Waals surface area contributed by atoms with Gasteiger partial charge in [0.25, 0.3) is 0 Å². The highest BCUT2D eigenvalue weighted by molar-refractivity contribution is 5.68. The number of carbonyl (C=O) groups is 1. The maximum atomic E-state index is 13.6. The molecule has 21 heavy (non-hydrogen) atoms. The van der Waals surface area contributed by atoms with Crippen LogP contribution in [-0.4, -0.2) is 17.9 Å². The monoisotopic (exact) mass is 308 g/mol. The quantitative estimate of drug-likeness (QED) is 0.649. The largest absolute Gasteiger partial charge is 0.444 e. The Morgan fingerprint density at radius 3 is 2.29 bits per heavy atom. The van der Waals surface area contributed by atoms with E-state index in [1.165, 1.54) is 20.8 Å². The average Bonchev–Trinajstić information content (AvgIpc) is 2.22. The molecule has 4 nitrogen and oxygen atoms in total. The van der Waals surface area contributed by atoms with E-state index in [0.29, 0.717) is 0 Å². The van der Waals surface area contributed by atoms with E-state index in [-0.39, 0.29) is 5.69 Å². The Labute approximate surface area is 119 Å². The maximum Gasteiger partial charge on any atom is 0.413 e. The summed E-state index contributed by atoms with van der Waals surface area (Å²) in [6.07, 6.45) is -6.17. The van der Waals surface area contributed by atoms with Crippen molar-refractivity contribution in [3.8, 4) is 0 Å². The minimum Gasteiger partial charge on any atom is -0.444 e. The number of amides is 1. The van der Waals surface area contributed by atoms with Gasteiger partial charge in [0, 0.05) is 11.3 Å². The summed E-state index contributed by atoms with van der Waals surface area (Å²) in [4.78, 5) is 11.5. The standard InChI is InChI=1S/C13H16F4N2O2/c1-12(2,3)21-11(20)19-10(13(15,16)17)8-5-4-7(18)6-9(8)14/h4-6,10H,18H2,1-3H3,(H,19,20)/t10-/m0/s1. The van der Waals surface area contributed by atoms with Crippen LogP contribution in [0, 0.1) is 5.82 Å². The first kappa shape index (κ1) is 17.1. The summed E-state index contributed by atoms with van der Waals surface area (Å²) in [6.45, 7) is 4.50. The predicted octanol–water partition coefficient (Wildman–Crippen LogP) is 3.54. The zero-order valence-corrected chi connectivity index (χ0v) is 11.7. The zero-order chi connectivity index (χ0) is 16.4. The number of benzene rings is 1. The Morgan fingerprint density at radius 1 is 1.29 bits per heavy atom. The molecule has 1 atom stereocenters. The van der Waals surface area contributed by atoms with Crippen LogP contribution in [0.1, 0.15) is 32.4 Å². The second-order valence-electron chi connectivity index (χ2n) is 5.40. The molecule has 1 aromatic carbocycles. The first-order valence-corrected chi connectivity index (χ1v) is 6.01. The topological polar surface area (TPSA) is 64.3 Å². The smallest absolute Gasteiger partial charge is 0.413 e. The van der Waals surface area contributed by atoms with Crippen molar-refractivity contribution in [2.75, 3.05) is 5.73 Å². The Kier molecular flexibility index (Phi) is 4.70. The molecule has 0 aromatic heterocycles. The highest BCUT2D eigenvalue weighted by Crippen LogP contribution is 2.34. The predicted molar refractivity (Wildman–Crippen MR) is 69.0 cm³/mol. The van der Waals surface area contributed by atoms with Gasteiger partial charge in [-0.05, 0) is 32.9 Å². The molecule has 1 rings (SSSR count). The van der Waals surface area contributed by atoms with E-state index in [9.17, 15) is 22.4 Å². The molecular weight excluding hydrogens is 292 g/mol. The van der Waals surface area contributed by atoms with E-state index in [1.807, 2.05) is 0 Å². The van der Waals surface area contributed by atoms with E-state index in [1.54, 1.807) is 5.32 Å². The number of hydrogen-bond acceptors (Lipinski definition) is 3. The molecule has 0 aliphatic carbocycles. The van der Waals surface area contributed by atoms with Gasteiger partial charge in [0.05, 0.1) is 0 Å². The molecule has 3 N–H and O–H groups in total. The van der Waals surface area contributed by atoms with Gasteiger partial charge >= 0.3 is 12.3 Å². The lowest BCUT2D eigenvalue weighted by Gasteiger charge is -2.25. The Balaban J connectivity index is 3.05. The van der Waals surface area contributed by atoms with Gasteiger partial charge < -0.3 is 15.8 Å². The van der Waals surface area contributed by atoms with Crippen LogP contribution in [0.3, 0.4) is 0 Å². The van der Waals surface area contributed by atoms with E-state index in [4.69, 9.17) is 10.5 Å². The van der Waals surface area contributed by atoms with Crippen molar-refractivity contribution in [3.05, 3.63) is 29.6 Å². The number of anilines is 1. The summed E-state index contributed by atoms with van der Waals surface area (Å²) in [6, 6.07) is 0.229. The molecule has 8 heteroatoms. The summed E-state index contributed by atoms with van der Waals surface area (Å²) in [7, 11) is 0. The van der Waals surface area contributed by atoms with Crippen LogP contribution >= 0.6 is 0 Å². The van der Waals surface area contributed by atoms with E-state index in [2.05, 4.69) is 0 Å². The van der Waals surface area contributed by atoms with Gasteiger partial charge in [0.1, 0.15) is 11.4 Å². The summed E-state index contributed by atoms with van der Waals surface area (Å²) in [5, 5.41) is 1.62. The van der Waals surface area contributed by atoms with Gasteiger partial charge in [-0.25, -0.2) is 9.18 Å². The lowest BCUT2D eigenvalue weighted by molar-refractivity contribution is -0.157. The minimum absolute atomic E-state index is 0.0190. The minimum atomic E-state index is -4.88. The Morgan fingerprint density at radius 2 is 1.86 bits per heavy atom. The first-order valence-electron chi connectivity index (χ1n) is 6.01. The van der Waals surface area contributed by atoms with Crippen LogP contribution in [-0.2, 0) is 4.74 Å². The molecule has 0 heterocycles. The maximum absolute atomic E-state index is 13.6. The third kappa shape index (κ3) is 5.13. The molecule has 0 saturated carbocycles. The molecule has 0 saturated heterocycles. The molecule has 1 amide bonds. The van der Waals surface area contributed by atoms with Crippen LogP contribution in [0.2, 0.25) is 0 Å². The second kappa shape index (κ2) is 5.79. The molecule has 0 aliphatic rings. The Bertz CT molecular complexity index is 524. The molecule has 0 radical (unpaired) electrons. The van der Waals surface area contributed by atoms with Crippen LogP contribution in [0.15, 0.2) is 18.2 Å². The number of alkyl halides is 3. The van der Waals surface area contributed by atoms with Crippen molar-refractivity contribution in [1.82, 2.24) is 5.32 Å². The third-order valence-corrected chi connectivity index (χ3v) is 2.32. The average molecular weight is 308 g/mol. The van der Waals surface area contributed by atoms with Crippen molar-refractivity contribution < 1.29 is 27.1 Å². The van der Waals surface area contributed by atoms with Gasteiger partial charge in [0.2, 0.25) is 0 Å². The van der Waals surface area contributed by atoms with Gasteiger partial charge in [0.15, 0.2) is 6.04 Å². The van der Waals surface area contributed by atoms with Crippen molar-refractivity contribution in [2.24, 2.45) is 0 Å². The first-order chi connectivity index (χ1) is 9.40. The van der Waals surface area contributed by atoms with Gasteiger partial charge in [-0.2, -0.15) is 13.2 Å².